The summed E-state index contributed by atoms with van der Waals surface area (Å²) < 4.78 is 1.38. The number of thiophene rings is 1. The molecule has 0 unspecified atom stereocenters. The average molecular weight is 323 g/mol. The molecule has 2 rings (SSSR count). The summed E-state index contributed by atoms with van der Waals surface area (Å²) in [5, 5.41) is 9.19. The first-order valence-electron chi connectivity index (χ1n) is 6.79. The number of aliphatic carboxylic acids is 1. The van der Waals surface area contributed by atoms with Crippen LogP contribution in [0.1, 0.15) is 47.2 Å². The van der Waals surface area contributed by atoms with Crippen molar-refractivity contribution in [3.63, 3.8) is 0 Å². The van der Waals surface area contributed by atoms with Gasteiger partial charge in [0, 0.05) is 12.5 Å². The highest BCUT2D eigenvalue weighted by atomic mass is 32.1. The molecule has 0 atom stereocenters. The van der Waals surface area contributed by atoms with Gasteiger partial charge in [-0.3, -0.25) is 19.0 Å². The number of carbonyl (C=O) groups excluding carboxylic acids is 1. The van der Waals surface area contributed by atoms with E-state index >= 15 is 0 Å². The molecule has 0 saturated carbocycles. The van der Waals surface area contributed by atoms with Crippen molar-refractivity contribution in [2.24, 2.45) is 5.73 Å². The van der Waals surface area contributed by atoms with E-state index in [4.69, 9.17) is 10.8 Å². The lowest BCUT2D eigenvalue weighted by Crippen LogP contribution is -2.27. The second-order valence-electron chi connectivity index (χ2n) is 5.33. The molecule has 3 N–H and O–H groups in total. The number of hydrogen-bond donors (Lipinski definition) is 2. The maximum absolute atomic E-state index is 12.7. The molecule has 2 heterocycles. The van der Waals surface area contributed by atoms with Crippen molar-refractivity contribution in [3.8, 4) is 0 Å². The number of amides is 1. The number of carbonyl (C=O) groups is 2. The Morgan fingerprint density at radius 2 is 2.05 bits per heavy atom. The van der Waals surface area contributed by atoms with Gasteiger partial charge in [-0.25, -0.2) is 4.98 Å². The highest BCUT2D eigenvalue weighted by molar-refractivity contribution is 7.20. The molecule has 0 fully saturated rings. The lowest BCUT2D eigenvalue weighted by atomic mass is 10.1. The number of carboxylic acids is 1. The molecule has 0 saturated heterocycles. The predicted molar refractivity (Wildman–Crippen MR) is 83.5 cm³/mol. The molecular formula is C14H17N3O4S. The largest absolute Gasteiger partial charge is 0.481 e. The van der Waals surface area contributed by atoms with E-state index in [2.05, 4.69) is 4.98 Å². The van der Waals surface area contributed by atoms with E-state index in [1.807, 2.05) is 13.8 Å². The van der Waals surface area contributed by atoms with Crippen molar-refractivity contribution >= 4 is 33.4 Å². The molecule has 118 valence electrons. The number of aromatic nitrogens is 2. The van der Waals surface area contributed by atoms with Crippen molar-refractivity contribution in [1.29, 1.82) is 0 Å². The van der Waals surface area contributed by atoms with Gasteiger partial charge in [-0.15, -0.1) is 11.3 Å². The number of rotatable bonds is 5. The van der Waals surface area contributed by atoms with Gasteiger partial charge in [0.15, 0.2) is 0 Å². The zero-order valence-corrected chi connectivity index (χ0v) is 13.4. The van der Waals surface area contributed by atoms with Gasteiger partial charge in [0.25, 0.3) is 11.5 Å². The van der Waals surface area contributed by atoms with Crippen molar-refractivity contribution in [3.05, 3.63) is 26.6 Å². The van der Waals surface area contributed by atoms with Crippen molar-refractivity contribution in [2.75, 3.05) is 0 Å². The van der Waals surface area contributed by atoms with Gasteiger partial charge in [0.1, 0.15) is 10.7 Å². The molecule has 0 aliphatic heterocycles. The minimum atomic E-state index is -0.985. The van der Waals surface area contributed by atoms with Gasteiger partial charge >= 0.3 is 5.97 Å². The van der Waals surface area contributed by atoms with Crippen LogP contribution in [-0.4, -0.2) is 26.5 Å². The van der Waals surface area contributed by atoms with Gasteiger partial charge in [0.2, 0.25) is 0 Å². The summed E-state index contributed by atoms with van der Waals surface area (Å²) in [7, 11) is 0. The fourth-order valence-electron chi connectivity index (χ4n) is 2.33. The number of fused-ring (bicyclic) bond motifs is 1. The first-order valence-corrected chi connectivity index (χ1v) is 7.61. The number of nitrogens with zero attached hydrogens (tertiary/aromatic N) is 2. The number of carboxylic acid groups (broad SMARTS) is 1. The molecule has 0 aliphatic rings. The van der Waals surface area contributed by atoms with Crippen LogP contribution in [0.3, 0.4) is 0 Å². The van der Waals surface area contributed by atoms with Crippen LogP contribution in [0.2, 0.25) is 0 Å². The maximum Gasteiger partial charge on any atom is 0.305 e. The lowest BCUT2D eigenvalue weighted by Gasteiger charge is -2.14. The summed E-state index contributed by atoms with van der Waals surface area (Å²) in [6, 6.07) is 0. The predicted octanol–water partition coefficient (Wildman–Crippen LogP) is 1.46. The molecule has 0 aliphatic carbocycles. The zero-order valence-electron chi connectivity index (χ0n) is 12.5. The van der Waals surface area contributed by atoms with E-state index in [0.29, 0.717) is 26.5 Å². The Bertz CT molecular complexity index is 820. The summed E-state index contributed by atoms with van der Waals surface area (Å²) in [6.07, 6.45) is -0.168. The van der Waals surface area contributed by atoms with E-state index in [1.54, 1.807) is 6.92 Å². The summed E-state index contributed by atoms with van der Waals surface area (Å²) in [5.41, 5.74) is 5.50. The van der Waals surface area contributed by atoms with Crippen LogP contribution < -0.4 is 11.3 Å². The van der Waals surface area contributed by atoms with Gasteiger partial charge < -0.3 is 10.8 Å². The van der Waals surface area contributed by atoms with Gasteiger partial charge in [-0.05, 0) is 12.5 Å². The topological polar surface area (TPSA) is 115 Å². The molecule has 1 amide bonds. The first kappa shape index (κ1) is 16.2. The summed E-state index contributed by atoms with van der Waals surface area (Å²) >= 11 is 1.10. The maximum atomic E-state index is 12.7. The second kappa shape index (κ2) is 5.88. The molecule has 2 aromatic heterocycles. The third kappa shape index (κ3) is 2.74. The minimum Gasteiger partial charge on any atom is -0.481 e. The Morgan fingerprint density at radius 3 is 2.55 bits per heavy atom. The summed E-state index contributed by atoms with van der Waals surface area (Å²) in [6.45, 7) is 5.45. The molecule has 8 heteroatoms. The molecule has 7 nitrogen and oxygen atoms in total. The number of nitrogens with two attached hydrogens (primary N) is 1. The Kier molecular flexibility index (Phi) is 4.32. The third-order valence-electron chi connectivity index (χ3n) is 3.37. The first-order chi connectivity index (χ1) is 10.2. The molecule has 2 aromatic rings. The smallest absolute Gasteiger partial charge is 0.305 e. The molecule has 0 radical (unpaired) electrons. The quantitative estimate of drug-likeness (QED) is 0.864. The van der Waals surface area contributed by atoms with E-state index in [0.717, 1.165) is 11.3 Å². The van der Waals surface area contributed by atoms with E-state index in [9.17, 15) is 14.4 Å². The SMILES string of the molecule is Cc1c(C(N)=O)sc2nc(C(C)C)n(CCC(=O)O)c(=O)c12. The summed E-state index contributed by atoms with van der Waals surface area (Å²) in [5.74, 6) is -1.12. The third-order valence-corrected chi connectivity index (χ3v) is 4.57. The second-order valence-corrected chi connectivity index (χ2v) is 6.32. The molecule has 22 heavy (non-hydrogen) atoms. The highest BCUT2D eigenvalue weighted by Crippen LogP contribution is 2.28. The summed E-state index contributed by atoms with van der Waals surface area (Å²) in [4.78, 5) is 40.2. The lowest BCUT2D eigenvalue weighted by molar-refractivity contribution is -0.137. The normalized spacial score (nSPS) is 11.3. The highest BCUT2D eigenvalue weighted by Gasteiger charge is 2.21. The molecule has 0 bridgehead atoms. The van der Waals surface area contributed by atoms with Crippen LogP contribution in [0, 0.1) is 6.92 Å². The van der Waals surface area contributed by atoms with Gasteiger partial charge in [0.05, 0.1) is 16.7 Å². The van der Waals surface area contributed by atoms with Crippen molar-refractivity contribution in [2.45, 2.75) is 39.7 Å². The van der Waals surface area contributed by atoms with Crippen LogP contribution >= 0.6 is 11.3 Å². The molecule has 0 spiro atoms. The Hall–Kier alpha value is -2.22. The molecular weight excluding hydrogens is 306 g/mol. The average Bonchev–Trinajstić information content (AvgIpc) is 2.74. The Labute approximate surface area is 130 Å². The van der Waals surface area contributed by atoms with Crippen LogP contribution in [-0.2, 0) is 11.3 Å². The molecule has 0 aromatic carbocycles. The standard InChI is InChI=1S/C14H17N3O4S/c1-6(2)12-16-13-9(7(3)10(22-13)11(15)20)14(21)17(12)5-4-8(18)19/h6H,4-5H2,1-3H3,(H2,15,20)(H,18,19). The number of aryl methyl sites for hydroxylation is 1. The van der Waals surface area contributed by atoms with Crippen LogP contribution in [0.25, 0.3) is 10.2 Å². The van der Waals surface area contributed by atoms with Gasteiger partial charge in [-0.1, -0.05) is 13.8 Å². The fraction of sp³-hybridized carbons (Fsp3) is 0.429. The van der Waals surface area contributed by atoms with E-state index in [1.165, 1.54) is 4.57 Å². The van der Waals surface area contributed by atoms with Crippen molar-refractivity contribution in [1.82, 2.24) is 9.55 Å². The Morgan fingerprint density at radius 1 is 1.41 bits per heavy atom. The van der Waals surface area contributed by atoms with E-state index in [-0.39, 0.29) is 24.4 Å². The van der Waals surface area contributed by atoms with Crippen LogP contribution in [0.15, 0.2) is 4.79 Å². The number of hydrogen-bond acceptors (Lipinski definition) is 5. The van der Waals surface area contributed by atoms with Crippen molar-refractivity contribution < 1.29 is 14.7 Å². The zero-order chi connectivity index (χ0) is 16.6. The van der Waals surface area contributed by atoms with Crippen LogP contribution in [0.4, 0.5) is 0 Å². The van der Waals surface area contributed by atoms with Crippen LogP contribution in [0.5, 0.6) is 0 Å². The minimum absolute atomic E-state index is 0.0474. The monoisotopic (exact) mass is 323 g/mol. The number of primary amides is 1. The fourth-order valence-corrected chi connectivity index (χ4v) is 3.36. The Balaban J connectivity index is 2.76. The van der Waals surface area contributed by atoms with Gasteiger partial charge in [-0.2, -0.15) is 0 Å². The van der Waals surface area contributed by atoms with E-state index < -0.39 is 11.9 Å².